The molecule has 1 unspecified atom stereocenters. The van der Waals surface area contributed by atoms with Crippen molar-refractivity contribution in [2.24, 2.45) is 0 Å². The minimum atomic E-state index is -0.382. The molecule has 0 aliphatic rings. The summed E-state index contributed by atoms with van der Waals surface area (Å²) in [6.45, 7) is 2.23. The van der Waals surface area contributed by atoms with Gasteiger partial charge in [-0.25, -0.2) is 0 Å². The molecule has 0 radical (unpaired) electrons. The fourth-order valence-corrected chi connectivity index (χ4v) is 3.49. The van der Waals surface area contributed by atoms with E-state index in [1.54, 1.807) is 0 Å². The Labute approximate surface area is 139 Å². The molecule has 3 rings (SSSR count). The molecule has 3 aromatic rings. The van der Waals surface area contributed by atoms with Gasteiger partial charge < -0.3 is 5.11 Å². The number of hydrogen-bond donors (Lipinski definition) is 1. The molecule has 120 valence electrons. The summed E-state index contributed by atoms with van der Waals surface area (Å²) in [5.41, 5.74) is 1.11. The van der Waals surface area contributed by atoms with Crippen LogP contribution < -0.4 is 0 Å². The molecule has 0 fully saturated rings. The zero-order valence-electron chi connectivity index (χ0n) is 14.0. The Balaban J connectivity index is 1.93. The zero-order chi connectivity index (χ0) is 16.1. The molecule has 0 amide bonds. The third-order valence-electron chi connectivity index (χ3n) is 4.73. The number of hydrogen-bond acceptors (Lipinski definition) is 1. The van der Waals surface area contributed by atoms with Crippen LogP contribution in [0, 0.1) is 0 Å². The Morgan fingerprint density at radius 1 is 0.783 bits per heavy atom. The quantitative estimate of drug-likeness (QED) is 0.396. The summed E-state index contributed by atoms with van der Waals surface area (Å²) in [6.07, 6.45) is 6.62. The van der Waals surface area contributed by atoms with Crippen LogP contribution in [0.5, 0.6) is 0 Å². The summed E-state index contributed by atoms with van der Waals surface area (Å²) in [7, 11) is 0. The highest BCUT2D eigenvalue weighted by atomic mass is 16.3. The van der Waals surface area contributed by atoms with Crippen LogP contribution in [0.15, 0.2) is 54.6 Å². The maximum absolute atomic E-state index is 10.9. The maximum Gasteiger partial charge on any atom is 0.0802 e. The standard InChI is InChI=1S/C22H26O/c1-2-3-4-5-6-15-21(23)22-19-13-9-7-11-17(19)16-18-12-8-10-14-20(18)22/h7-14,16,21,23H,2-6,15H2,1H3. The Morgan fingerprint density at radius 3 is 1.96 bits per heavy atom. The lowest BCUT2D eigenvalue weighted by molar-refractivity contribution is 0.166. The molecule has 0 spiro atoms. The Morgan fingerprint density at radius 2 is 1.35 bits per heavy atom. The smallest absolute Gasteiger partial charge is 0.0802 e. The van der Waals surface area contributed by atoms with E-state index in [1.165, 1.54) is 47.2 Å². The number of rotatable bonds is 7. The van der Waals surface area contributed by atoms with E-state index in [1.807, 2.05) is 0 Å². The van der Waals surface area contributed by atoms with Gasteiger partial charge in [-0.15, -0.1) is 0 Å². The van der Waals surface area contributed by atoms with Gasteiger partial charge in [-0.1, -0.05) is 87.6 Å². The molecule has 1 N–H and O–H groups in total. The second kappa shape index (κ2) is 7.61. The minimum Gasteiger partial charge on any atom is -0.388 e. The Bertz CT molecular complexity index is 721. The van der Waals surface area contributed by atoms with Gasteiger partial charge in [-0.05, 0) is 39.6 Å². The van der Waals surface area contributed by atoms with Crippen LogP contribution in [0.4, 0.5) is 0 Å². The topological polar surface area (TPSA) is 20.2 Å². The number of unbranched alkanes of at least 4 members (excludes halogenated alkanes) is 4. The maximum atomic E-state index is 10.9. The predicted octanol–water partition coefficient (Wildman–Crippen LogP) is 6.39. The van der Waals surface area contributed by atoms with E-state index in [-0.39, 0.29) is 6.10 Å². The van der Waals surface area contributed by atoms with Gasteiger partial charge in [0.25, 0.3) is 0 Å². The van der Waals surface area contributed by atoms with E-state index in [2.05, 4.69) is 61.5 Å². The Hall–Kier alpha value is -1.86. The highest BCUT2D eigenvalue weighted by molar-refractivity contribution is 6.02. The summed E-state index contributed by atoms with van der Waals surface area (Å²) >= 11 is 0. The fourth-order valence-electron chi connectivity index (χ4n) is 3.49. The van der Waals surface area contributed by atoms with Gasteiger partial charge in [-0.3, -0.25) is 0 Å². The molecule has 23 heavy (non-hydrogen) atoms. The van der Waals surface area contributed by atoms with Crippen molar-refractivity contribution in [1.82, 2.24) is 0 Å². The van der Waals surface area contributed by atoms with Gasteiger partial charge >= 0.3 is 0 Å². The van der Waals surface area contributed by atoms with Gasteiger partial charge in [0.05, 0.1) is 6.10 Å². The molecule has 1 atom stereocenters. The number of benzene rings is 3. The molecule has 0 aliphatic heterocycles. The van der Waals surface area contributed by atoms with Crippen LogP contribution in [0.1, 0.15) is 57.1 Å². The molecular weight excluding hydrogens is 280 g/mol. The van der Waals surface area contributed by atoms with E-state index in [4.69, 9.17) is 0 Å². The van der Waals surface area contributed by atoms with Crippen LogP contribution in [0.2, 0.25) is 0 Å². The molecule has 0 saturated heterocycles. The molecule has 1 heteroatoms. The second-order valence-corrected chi connectivity index (χ2v) is 6.45. The highest BCUT2D eigenvalue weighted by Crippen LogP contribution is 2.34. The molecule has 0 aromatic heterocycles. The first kappa shape index (κ1) is 16.0. The third kappa shape index (κ3) is 3.56. The van der Waals surface area contributed by atoms with Gasteiger partial charge in [-0.2, -0.15) is 0 Å². The van der Waals surface area contributed by atoms with Gasteiger partial charge in [0.1, 0.15) is 0 Å². The average molecular weight is 306 g/mol. The fraction of sp³-hybridized carbons (Fsp3) is 0.364. The lowest BCUT2D eigenvalue weighted by Crippen LogP contribution is -2.00. The van der Waals surface area contributed by atoms with Gasteiger partial charge in [0, 0.05) is 0 Å². The molecule has 0 aliphatic carbocycles. The van der Waals surface area contributed by atoms with Crippen molar-refractivity contribution in [3.8, 4) is 0 Å². The van der Waals surface area contributed by atoms with Crippen molar-refractivity contribution in [1.29, 1.82) is 0 Å². The van der Waals surface area contributed by atoms with E-state index in [0.29, 0.717) is 0 Å². The van der Waals surface area contributed by atoms with E-state index >= 15 is 0 Å². The van der Waals surface area contributed by atoms with Crippen molar-refractivity contribution in [2.75, 3.05) is 0 Å². The van der Waals surface area contributed by atoms with E-state index in [0.717, 1.165) is 18.4 Å². The van der Waals surface area contributed by atoms with Gasteiger partial charge in [0.2, 0.25) is 0 Å². The normalized spacial score (nSPS) is 12.8. The number of aliphatic hydroxyl groups excluding tert-OH is 1. The molecule has 0 bridgehead atoms. The predicted molar refractivity (Wildman–Crippen MR) is 99.8 cm³/mol. The van der Waals surface area contributed by atoms with E-state index < -0.39 is 0 Å². The average Bonchev–Trinajstić information content (AvgIpc) is 2.59. The monoisotopic (exact) mass is 306 g/mol. The summed E-state index contributed by atoms with van der Waals surface area (Å²) in [5.74, 6) is 0. The summed E-state index contributed by atoms with van der Waals surface area (Å²) in [5, 5.41) is 15.7. The summed E-state index contributed by atoms with van der Waals surface area (Å²) < 4.78 is 0. The van der Waals surface area contributed by atoms with E-state index in [9.17, 15) is 5.11 Å². The summed E-state index contributed by atoms with van der Waals surface area (Å²) in [6, 6.07) is 19.0. The first-order chi connectivity index (χ1) is 11.3. The van der Waals surface area contributed by atoms with Crippen LogP contribution in [0.3, 0.4) is 0 Å². The molecule has 1 nitrogen and oxygen atoms in total. The minimum absolute atomic E-state index is 0.382. The lowest BCUT2D eigenvalue weighted by atomic mass is 9.91. The van der Waals surface area contributed by atoms with Crippen molar-refractivity contribution in [3.63, 3.8) is 0 Å². The third-order valence-corrected chi connectivity index (χ3v) is 4.73. The van der Waals surface area contributed by atoms with Crippen LogP contribution >= 0.6 is 0 Å². The van der Waals surface area contributed by atoms with Crippen molar-refractivity contribution >= 4 is 21.5 Å². The molecule has 0 saturated carbocycles. The largest absolute Gasteiger partial charge is 0.388 e. The van der Waals surface area contributed by atoms with Crippen molar-refractivity contribution in [3.05, 3.63) is 60.2 Å². The Kier molecular flexibility index (Phi) is 5.30. The first-order valence-electron chi connectivity index (χ1n) is 8.89. The van der Waals surface area contributed by atoms with Gasteiger partial charge in [0.15, 0.2) is 0 Å². The number of aliphatic hydroxyl groups is 1. The van der Waals surface area contributed by atoms with Crippen LogP contribution in [-0.2, 0) is 0 Å². The van der Waals surface area contributed by atoms with Crippen molar-refractivity contribution in [2.45, 2.75) is 51.6 Å². The van der Waals surface area contributed by atoms with Crippen molar-refractivity contribution < 1.29 is 5.11 Å². The summed E-state index contributed by atoms with van der Waals surface area (Å²) in [4.78, 5) is 0. The highest BCUT2D eigenvalue weighted by Gasteiger charge is 2.15. The first-order valence-corrected chi connectivity index (χ1v) is 8.89. The second-order valence-electron chi connectivity index (χ2n) is 6.45. The molecular formula is C22H26O. The lowest BCUT2D eigenvalue weighted by Gasteiger charge is -2.17. The zero-order valence-corrected chi connectivity index (χ0v) is 14.0. The van der Waals surface area contributed by atoms with Crippen LogP contribution in [-0.4, -0.2) is 5.11 Å². The van der Waals surface area contributed by atoms with Crippen LogP contribution in [0.25, 0.3) is 21.5 Å². The number of fused-ring (bicyclic) bond motifs is 2. The molecule has 0 heterocycles. The molecule has 3 aromatic carbocycles. The SMILES string of the molecule is CCCCCCCC(O)c1c2ccccc2cc2ccccc12.